The minimum atomic E-state index is -4.53. The van der Waals surface area contributed by atoms with Crippen molar-refractivity contribution in [1.29, 1.82) is 0 Å². The highest BCUT2D eigenvalue weighted by molar-refractivity contribution is 7.45. The van der Waals surface area contributed by atoms with E-state index in [0.29, 0.717) is 24.1 Å². The molecule has 0 aliphatic heterocycles. The van der Waals surface area contributed by atoms with Gasteiger partial charge in [-0.3, -0.25) is 9.36 Å². The second-order valence-electron chi connectivity index (χ2n) is 16.8. The van der Waals surface area contributed by atoms with Gasteiger partial charge in [-0.15, -0.1) is 0 Å². The number of rotatable bonds is 43. The number of phosphoric ester groups is 1. The third-order valence-corrected chi connectivity index (χ3v) is 10.8. The Bertz CT molecular complexity index is 1050. The van der Waals surface area contributed by atoms with Gasteiger partial charge in [0.1, 0.15) is 19.3 Å². The van der Waals surface area contributed by atoms with Crippen LogP contribution in [0.25, 0.3) is 0 Å². The summed E-state index contributed by atoms with van der Waals surface area (Å²) in [5, 5.41) is 0. The van der Waals surface area contributed by atoms with E-state index < -0.39 is 13.9 Å². The number of likely N-dealkylation sites (N-methyl/N-ethyl adjacent to an activating group) is 1. The van der Waals surface area contributed by atoms with Crippen LogP contribution in [-0.2, 0) is 27.9 Å². The van der Waals surface area contributed by atoms with Crippen molar-refractivity contribution in [3.05, 3.63) is 48.6 Å². The lowest BCUT2D eigenvalue weighted by atomic mass is 10.1. The van der Waals surface area contributed by atoms with Crippen LogP contribution in [0.5, 0.6) is 0 Å². The van der Waals surface area contributed by atoms with Crippen LogP contribution in [0.2, 0.25) is 0 Å². The van der Waals surface area contributed by atoms with E-state index in [9.17, 15) is 14.3 Å². The summed E-state index contributed by atoms with van der Waals surface area (Å²) in [6.45, 7) is 5.34. The number of esters is 1. The molecule has 0 saturated heterocycles. The van der Waals surface area contributed by atoms with E-state index in [0.717, 1.165) is 64.2 Å². The number of carbonyl (C=O) groups excluding carboxylic acids is 1. The van der Waals surface area contributed by atoms with E-state index in [-0.39, 0.29) is 25.8 Å². The van der Waals surface area contributed by atoms with E-state index >= 15 is 0 Å². The predicted octanol–water partition coefficient (Wildman–Crippen LogP) is 13.3. The molecule has 0 N–H and O–H groups in total. The van der Waals surface area contributed by atoms with Crippen molar-refractivity contribution in [2.75, 3.05) is 54.1 Å². The number of unbranched alkanes of at least 4 members (excludes halogenated alkanes) is 21. The largest absolute Gasteiger partial charge is 0.756 e. The van der Waals surface area contributed by atoms with Gasteiger partial charge in [0.25, 0.3) is 7.82 Å². The molecule has 0 aromatic carbocycles. The molecule has 0 heterocycles. The van der Waals surface area contributed by atoms with Gasteiger partial charge in [-0.25, -0.2) is 0 Å². The Labute approximate surface area is 352 Å². The maximum absolute atomic E-state index is 12.7. The number of carbonyl (C=O) groups is 1. The zero-order valence-corrected chi connectivity index (χ0v) is 38.7. The lowest BCUT2D eigenvalue weighted by Crippen LogP contribution is -2.37. The maximum atomic E-state index is 12.7. The summed E-state index contributed by atoms with van der Waals surface area (Å²) < 4.78 is 34.6. The highest BCUT2D eigenvalue weighted by atomic mass is 31.2. The topological polar surface area (TPSA) is 94.1 Å². The molecular weight excluding hydrogens is 734 g/mol. The Balaban J connectivity index is 4.21. The van der Waals surface area contributed by atoms with E-state index in [4.69, 9.17) is 18.5 Å². The first kappa shape index (κ1) is 55.5. The highest BCUT2D eigenvalue weighted by Crippen LogP contribution is 2.38. The molecule has 57 heavy (non-hydrogen) atoms. The van der Waals surface area contributed by atoms with Gasteiger partial charge in [0.05, 0.1) is 34.4 Å². The third kappa shape index (κ3) is 45.4. The minimum absolute atomic E-state index is 0.0215. The Kier molecular flexibility index (Phi) is 40.1. The van der Waals surface area contributed by atoms with Gasteiger partial charge in [0.15, 0.2) is 0 Å². The summed E-state index contributed by atoms with van der Waals surface area (Å²) in [4.78, 5) is 25.1. The first-order valence-corrected chi connectivity index (χ1v) is 24.8. The van der Waals surface area contributed by atoms with Crippen LogP contribution in [0, 0.1) is 0 Å². The average Bonchev–Trinajstić information content (AvgIpc) is 3.16. The van der Waals surface area contributed by atoms with E-state index in [2.05, 4.69) is 62.5 Å². The fourth-order valence-corrected chi connectivity index (χ4v) is 6.92. The van der Waals surface area contributed by atoms with Crippen LogP contribution < -0.4 is 4.89 Å². The molecule has 2 unspecified atom stereocenters. The van der Waals surface area contributed by atoms with Crippen LogP contribution >= 0.6 is 7.82 Å². The zero-order chi connectivity index (χ0) is 42.0. The van der Waals surface area contributed by atoms with E-state index in [1.165, 1.54) is 109 Å². The summed E-state index contributed by atoms with van der Waals surface area (Å²) in [6, 6.07) is 0. The van der Waals surface area contributed by atoms with Crippen molar-refractivity contribution in [3.8, 4) is 0 Å². The normalized spacial score (nSPS) is 14.1. The molecule has 0 saturated carbocycles. The number of phosphoric acid groups is 1. The number of quaternary nitrogens is 1. The van der Waals surface area contributed by atoms with Gasteiger partial charge in [-0.05, 0) is 77.0 Å². The second kappa shape index (κ2) is 41.2. The molecule has 8 nitrogen and oxygen atoms in total. The SMILES string of the molecule is CCCCC/C=C\C/C=C\CCCCCCCCCCCCOCC(COP(=O)([O-])OCC[N+](C)(C)C)OC(=O)CCCCCCC/C=C\C/C=C\CCCCC. The van der Waals surface area contributed by atoms with Crippen LogP contribution in [0.15, 0.2) is 48.6 Å². The van der Waals surface area contributed by atoms with Crippen LogP contribution in [0.3, 0.4) is 0 Å². The number of allylic oxidation sites excluding steroid dienone is 8. The van der Waals surface area contributed by atoms with Crippen LogP contribution in [0.4, 0.5) is 0 Å². The van der Waals surface area contributed by atoms with Gasteiger partial charge in [-0.1, -0.05) is 159 Å². The summed E-state index contributed by atoms with van der Waals surface area (Å²) >= 11 is 0. The average molecular weight is 824 g/mol. The van der Waals surface area contributed by atoms with Crippen molar-refractivity contribution in [3.63, 3.8) is 0 Å². The molecule has 0 radical (unpaired) electrons. The molecule has 0 rings (SSSR count). The molecule has 0 fully saturated rings. The van der Waals surface area contributed by atoms with Crippen molar-refractivity contribution in [1.82, 2.24) is 0 Å². The van der Waals surface area contributed by atoms with Gasteiger partial charge in [0, 0.05) is 13.0 Å². The summed E-state index contributed by atoms with van der Waals surface area (Å²) in [6.07, 6.45) is 49.8. The first-order valence-electron chi connectivity index (χ1n) is 23.4. The monoisotopic (exact) mass is 824 g/mol. The second-order valence-corrected chi connectivity index (χ2v) is 18.2. The van der Waals surface area contributed by atoms with E-state index in [1.54, 1.807) is 0 Å². The Morgan fingerprint density at radius 2 is 0.965 bits per heavy atom. The predicted molar refractivity (Wildman–Crippen MR) is 240 cm³/mol. The summed E-state index contributed by atoms with van der Waals surface area (Å²) in [7, 11) is 1.34. The fraction of sp³-hybridized carbons (Fsp3) is 0.812. The molecule has 0 aliphatic rings. The standard InChI is InChI=1S/C48H90NO7P/c1-6-8-10-12-14-16-18-20-22-23-24-25-26-28-30-32-34-36-38-40-43-53-45-47(46-55-57(51,52)54-44-42-49(3,4)5)56-48(50)41-39-37-35-33-31-29-27-21-19-17-15-13-11-9-7-2/h14-17,20-22,27,47H,6-13,18-19,23-26,28-46H2,1-5H3/b16-14-,17-15-,22-20-,27-21-. The Morgan fingerprint density at radius 3 is 1.42 bits per heavy atom. The lowest BCUT2D eigenvalue weighted by Gasteiger charge is -2.28. The van der Waals surface area contributed by atoms with Gasteiger partial charge >= 0.3 is 5.97 Å². The molecule has 9 heteroatoms. The Morgan fingerprint density at radius 1 is 0.544 bits per heavy atom. The highest BCUT2D eigenvalue weighted by Gasteiger charge is 2.20. The van der Waals surface area contributed by atoms with Gasteiger partial charge in [0.2, 0.25) is 0 Å². The molecule has 0 bridgehead atoms. The maximum Gasteiger partial charge on any atom is 0.306 e. The summed E-state index contributed by atoms with van der Waals surface area (Å²) in [5.74, 6) is -0.349. The van der Waals surface area contributed by atoms with Crippen LogP contribution in [0.1, 0.15) is 194 Å². The number of ether oxygens (including phenoxy) is 2. The Hall–Kier alpha value is -1.54. The smallest absolute Gasteiger partial charge is 0.306 e. The number of hydrogen-bond donors (Lipinski definition) is 0. The number of hydrogen-bond acceptors (Lipinski definition) is 7. The van der Waals surface area contributed by atoms with Crippen molar-refractivity contribution in [2.24, 2.45) is 0 Å². The number of nitrogens with zero attached hydrogens (tertiary/aromatic N) is 1. The van der Waals surface area contributed by atoms with E-state index in [1.807, 2.05) is 21.1 Å². The quantitative estimate of drug-likeness (QED) is 0.0199. The zero-order valence-electron chi connectivity index (χ0n) is 37.8. The van der Waals surface area contributed by atoms with Crippen molar-refractivity contribution in [2.45, 2.75) is 200 Å². The summed E-state index contributed by atoms with van der Waals surface area (Å²) in [5.41, 5.74) is 0. The fourth-order valence-electron chi connectivity index (χ4n) is 6.19. The molecule has 2 atom stereocenters. The van der Waals surface area contributed by atoms with Gasteiger partial charge < -0.3 is 27.9 Å². The molecule has 0 spiro atoms. The van der Waals surface area contributed by atoms with Crippen molar-refractivity contribution < 1.29 is 37.3 Å². The van der Waals surface area contributed by atoms with Crippen LogP contribution in [-0.4, -0.2) is 70.7 Å². The molecule has 0 aromatic heterocycles. The lowest BCUT2D eigenvalue weighted by molar-refractivity contribution is -0.870. The molecule has 0 amide bonds. The molecule has 0 aliphatic carbocycles. The van der Waals surface area contributed by atoms with Crippen molar-refractivity contribution >= 4 is 13.8 Å². The molecular formula is C48H90NO7P. The van der Waals surface area contributed by atoms with Gasteiger partial charge in [-0.2, -0.15) is 0 Å². The third-order valence-electron chi connectivity index (χ3n) is 9.85. The first-order chi connectivity index (χ1) is 27.6. The molecule has 334 valence electrons. The minimum Gasteiger partial charge on any atom is -0.756 e. The molecule has 0 aromatic rings.